The number of nitrogens with one attached hydrogen (secondary N) is 1. The Labute approximate surface area is 110 Å². The van der Waals surface area contributed by atoms with Crippen molar-refractivity contribution < 1.29 is 14.1 Å². The van der Waals surface area contributed by atoms with Crippen LogP contribution >= 0.6 is 0 Å². The highest BCUT2D eigenvalue weighted by Crippen LogP contribution is 2.40. The van der Waals surface area contributed by atoms with Crippen LogP contribution in [-0.2, 0) is 0 Å². The molecule has 0 aromatic heterocycles. The number of hydrogen-bond donors (Lipinski definition) is 1. The molecule has 0 spiro atoms. The van der Waals surface area contributed by atoms with Gasteiger partial charge in [0, 0.05) is 11.6 Å². The third-order valence-electron chi connectivity index (χ3n) is 3.85. The van der Waals surface area contributed by atoms with Crippen LogP contribution in [-0.4, -0.2) is 17.6 Å². The van der Waals surface area contributed by atoms with Crippen LogP contribution in [0.2, 0.25) is 0 Å². The van der Waals surface area contributed by atoms with E-state index in [1.807, 2.05) is 6.92 Å². The second-order valence-electron chi connectivity index (χ2n) is 4.87. The monoisotopic (exact) mass is 268 g/mol. The van der Waals surface area contributed by atoms with Crippen LogP contribution in [0.3, 0.4) is 0 Å². The Balaban J connectivity index is 2.33. The van der Waals surface area contributed by atoms with Gasteiger partial charge < -0.3 is 10.1 Å². The van der Waals surface area contributed by atoms with Crippen LogP contribution in [0.25, 0.3) is 0 Å². The Bertz CT molecular complexity index is 495. The topological polar surface area (TPSA) is 64.4 Å². The van der Waals surface area contributed by atoms with E-state index in [0.29, 0.717) is 0 Å². The molecule has 2 rings (SSSR count). The van der Waals surface area contributed by atoms with Crippen molar-refractivity contribution in [2.45, 2.75) is 38.1 Å². The molecule has 1 aromatic rings. The van der Waals surface area contributed by atoms with Crippen molar-refractivity contribution in [1.82, 2.24) is 0 Å². The summed E-state index contributed by atoms with van der Waals surface area (Å²) in [4.78, 5) is 10.1. The first-order valence-corrected chi connectivity index (χ1v) is 6.31. The minimum Gasteiger partial charge on any atom is -0.490 e. The molecule has 0 aliphatic heterocycles. The van der Waals surface area contributed by atoms with Crippen LogP contribution in [0, 0.1) is 15.9 Å². The molecule has 5 nitrogen and oxygen atoms in total. The highest BCUT2D eigenvalue weighted by Gasteiger charge is 2.36. The number of anilines is 1. The summed E-state index contributed by atoms with van der Waals surface area (Å²) in [6.45, 7) is 2.05. The van der Waals surface area contributed by atoms with Gasteiger partial charge in [-0.1, -0.05) is 6.92 Å². The Morgan fingerprint density at radius 1 is 1.53 bits per heavy atom. The summed E-state index contributed by atoms with van der Waals surface area (Å²) in [7, 11) is 1.34. The van der Waals surface area contributed by atoms with Gasteiger partial charge in [-0.15, -0.1) is 0 Å². The molecule has 0 heterocycles. The van der Waals surface area contributed by atoms with E-state index in [-0.39, 0.29) is 22.7 Å². The standard InChI is InChI=1S/C13H17FN2O3/c1-3-13(5-4-6-13)15-10-8-12(19-2)11(16(17)18)7-9(10)14/h7-8,15H,3-6H2,1-2H3. The predicted octanol–water partition coefficient (Wildman–Crippen LogP) is 3.49. The van der Waals surface area contributed by atoms with Crippen LogP contribution in [0.5, 0.6) is 5.75 Å². The zero-order valence-electron chi connectivity index (χ0n) is 11.0. The second-order valence-corrected chi connectivity index (χ2v) is 4.87. The minimum absolute atomic E-state index is 0.0690. The summed E-state index contributed by atoms with van der Waals surface area (Å²) in [6, 6.07) is 2.27. The maximum atomic E-state index is 13.9. The number of halogens is 1. The van der Waals surface area contributed by atoms with Gasteiger partial charge >= 0.3 is 5.69 Å². The molecule has 1 saturated carbocycles. The number of nitro groups is 1. The molecule has 19 heavy (non-hydrogen) atoms. The van der Waals surface area contributed by atoms with E-state index in [2.05, 4.69) is 5.32 Å². The van der Waals surface area contributed by atoms with Crippen LogP contribution in [0.1, 0.15) is 32.6 Å². The van der Waals surface area contributed by atoms with Gasteiger partial charge in [0.25, 0.3) is 0 Å². The van der Waals surface area contributed by atoms with E-state index >= 15 is 0 Å². The van der Waals surface area contributed by atoms with E-state index in [1.54, 1.807) is 0 Å². The van der Waals surface area contributed by atoms with Gasteiger partial charge in [0.15, 0.2) is 11.6 Å². The summed E-state index contributed by atoms with van der Waals surface area (Å²) < 4.78 is 18.9. The lowest BCUT2D eigenvalue weighted by Crippen LogP contribution is -2.44. The Kier molecular flexibility index (Phi) is 3.59. The molecule has 1 aliphatic carbocycles. The van der Waals surface area contributed by atoms with E-state index < -0.39 is 10.7 Å². The average molecular weight is 268 g/mol. The molecular weight excluding hydrogens is 251 g/mol. The van der Waals surface area contributed by atoms with E-state index in [4.69, 9.17) is 4.74 Å². The molecular formula is C13H17FN2O3. The van der Waals surface area contributed by atoms with Gasteiger partial charge in [0.05, 0.1) is 23.8 Å². The number of nitrogens with zero attached hydrogens (tertiary/aromatic N) is 1. The van der Waals surface area contributed by atoms with Crippen molar-refractivity contribution in [2.24, 2.45) is 0 Å². The van der Waals surface area contributed by atoms with Gasteiger partial charge in [-0.3, -0.25) is 10.1 Å². The van der Waals surface area contributed by atoms with Gasteiger partial charge in [-0.2, -0.15) is 0 Å². The van der Waals surface area contributed by atoms with Crippen molar-refractivity contribution in [1.29, 1.82) is 0 Å². The van der Waals surface area contributed by atoms with Crippen LogP contribution in [0.15, 0.2) is 12.1 Å². The zero-order chi connectivity index (χ0) is 14.0. The van der Waals surface area contributed by atoms with Crippen LogP contribution < -0.4 is 10.1 Å². The van der Waals surface area contributed by atoms with Crippen molar-refractivity contribution in [3.8, 4) is 5.75 Å². The summed E-state index contributed by atoms with van der Waals surface area (Å²) in [5.74, 6) is -0.549. The van der Waals surface area contributed by atoms with Gasteiger partial charge in [0.2, 0.25) is 0 Å². The third-order valence-corrected chi connectivity index (χ3v) is 3.85. The lowest BCUT2D eigenvalue weighted by Gasteiger charge is -2.43. The normalized spacial score (nSPS) is 16.6. The molecule has 0 saturated heterocycles. The first kappa shape index (κ1) is 13.6. The molecule has 0 amide bonds. The fourth-order valence-corrected chi connectivity index (χ4v) is 2.40. The SMILES string of the molecule is CCC1(Nc2cc(OC)c([N+](=O)[O-])cc2F)CCC1. The fourth-order valence-electron chi connectivity index (χ4n) is 2.40. The number of hydrogen-bond acceptors (Lipinski definition) is 4. The largest absolute Gasteiger partial charge is 0.490 e. The van der Waals surface area contributed by atoms with Crippen LogP contribution in [0.4, 0.5) is 15.8 Å². The first-order chi connectivity index (χ1) is 9.01. The minimum atomic E-state index is -0.648. The van der Waals surface area contributed by atoms with E-state index in [0.717, 1.165) is 31.7 Å². The number of methoxy groups -OCH3 is 1. The Morgan fingerprint density at radius 3 is 2.63 bits per heavy atom. The van der Waals surface area contributed by atoms with Gasteiger partial charge in [0.1, 0.15) is 0 Å². The average Bonchev–Trinajstić information content (AvgIpc) is 2.34. The zero-order valence-corrected chi connectivity index (χ0v) is 11.0. The maximum absolute atomic E-state index is 13.9. The molecule has 0 bridgehead atoms. The predicted molar refractivity (Wildman–Crippen MR) is 70.1 cm³/mol. The molecule has 6 heteroatoms. The molecule has 1 N–H and O–H groups in total. The van der Waals surface area contributed by atoms with Gasteiger partial charge in [-0.05, 0) is 25.7 Å². The van der Waals surface area contributed by atoms with E-state index in [9.17, 15) is 14.5 Å². The molecule has 1 aliphatic rings. The number of benzene rings is 1. The number of ether oxygens (including phenoxy) is 1. The summed E-state index contributed by atoms with van der Waals surface area (Å²) in [6.07, 6.45) is 3.99. The van der Waals surface area contributed by atoms with Crippen molar-refractivity contribution in [2.75, 3.05) is 12.4 Å². The molecule has 0 atom stereocenters. The number of rotatable bonds is 5. The third kappa shape index (κ3) is 2.47. The Morgan fingerprint density at radius 2 is 2.21 bits per heavy atom. The smallest absolute Gasteiger partial charge is 0.313 e. The molecule has 1 fully saturated rings. The quantitative estimate of drug-likeness (QED) is 0.655. The van der Waals surface area contributed by atoms with Crippen molar-refractivity contribution >= 4 is 11.4 Å². The lowest BCUT2D eigenvalue weighted by molar-refractivity contribution is -0.385. The van der Waals surface area contributed by atoms with E-state index in [1.165, 1.54) is 13.2 Å². The fraction of sp³-hybridized carbons (Fsp3) is 0.538. The second kappa shape index (κ2) is 5.03. The van der Waals surface area contributed by atoms with Gasteiger partial charge in [-0.25, -0.2) is 4.39 Å². The molecule has 0 unspecified atom stereocenters. The summed E-state index contributed by atoms with van der Waals surface area (Å²) in [5.41, 5.74) is -0.171. The summed E-state index contributed by atoms with van der Waals surface area (Å²) in [5, 5.41) is 14.0. The summed E-state index contributed by atoms with van der Waals surface area (Å²) >= 11 is 0. The molecule has 0 radical (unpaired) electrons. The maximum Gasteiger partial charge on any atom is 0.313 e. The first-order valence-electron chi connectivity index (χ1n) is 6.31. The van der Waals surface area contributed by atoms with Crippen molar-refractivity contribution in [3.63, 3.8) is 0 Å². The highest BCUT2D eigenvalue weighted by molar-refractivity contribution is 5.60. The van der Waals surface area contributed by atoms with Crippen molar-refractivity contribution in [3.05, 3.63) is 28.1 Å². The molecule has 104 valence electrons. The Hall–Kier alpha value is -1.85. The molecule has 1 aromatic carbocycles. The number of nitro benzene ring substituents is 1. The highest BCUT2D eigenvalue weighted by atomic mass is 19.1. The lowest BCUT2D eigenvalue weighted by atomic mass is 9.74.